The molecule has 0 unspecified atom stereocenters. The fourth-order valence-corrected chi connectivity index (χ4v) is 5.16. The number of hydrogen-bond donors (Lipinski definition) is 1. The van der Waals surface area contributed by atoms with Gasteiger partial charge in [0.15, 0.2) is 0 Å². The molecule has 7 heteroatoms. The molecule has 1 aliphatic heterocycles. The molecule has 0 atom stereocenters. The summed E-state index contributed by atoms with van der Waals surface area (Å²) in [7, 11) is -3.64. The third-order valence-corrected chi connectivity index (χ3v) is 7.47. The molecule has 1 amide bonds. The number of benzene rings is 3. The second-order valence-electron chi connectivity index (χ2n) is 7.40. The van der Waals surface area contributed by atoms with Gasteiger partial charge in [-0.15, -0.1) is 0 Å². The van der Waals surface area contributed by atoms with Gasteiger partial charge in [0.1, 0.15) is 0 Å². The van der Waals surface area contributed by atoms with E-state index < -0.39 is 10.0 Å². The molecule has 0 aliphatic carbocycles. The summed E-state index contributed by atoms with van der Waals surface area (Å²) in [6, 6.07) is 17.3. The minimum Gasteiger partial charge on any atom is -0.322 e. The Kier molecular flexibility index (Phi) is 5.30. The van der Waals surface area contributed by atoms with Crippen LogP contribution in [0.4, 0.5) is 11.4 Å². The maximum Gasteiger partial charge on any atom is 0.264 e. The van der Waals surface area contributed by atoms with Crippen molar-refractivity contribution in [1.29, 1.82) is 0 Å². The van der Waals surface area contributed by atoms with E-state index in [1.165, 1.54) is 4.31 Å². The topological polar surface area (TPSA) is 66.5 Å². The number of anilines is 2. The first-order valence-electron chi connectivity index (χ1n) is 9.55. The second kappa shape index (κ2) is 7.78. The summed E-state index contributed by atoms with van der Waals surface area (Å²) in [6.45, 7) is 4.16. The summed E-state index contributed by atoms with van der Waals surface area (Å²) in [5.41, 5.74) is 4.47. The lowest BCUT2D eigenvalue weighted by atomic mass is 10.1. The van der Waals surface area contributed by atoms with Gasteiger partial charge in [0.25, 0.3) is 15.9 Å². The average molecular weight is 441 g/mol. The zero-order valence-electron chi connectivity index (χ0n) is 16.6. The normalized spacial score (nSPS) is 13.2. The van der Waals surface area contributed by atoms with Crippen molar-refractivity contribution in [3.63, 3.8) is 0 Å². The average Bonchev–Trinajstić information content (AvgIpc) is 3.15. The van der Waals surface area contributed by atoms with Crippen LogP contribution in [-0.4, -0.2) is 20.9 Å². The molecule has 0 aromatic heterocycles. The largest absolute Gasteiger partial charge is 0.322 e. The quantitative estimate of drug-likeness (QED) is 0.623. The monoisotopic (exact) mass is 440 g/mol. The SMILES string of the molecule is Cc1ccc(S(=O)(=O)N2CCc3cc(C(=O)Nc4ccc(C)c(Cl)c4)ccc32)cc1. The lowest BCUT2D eigenvalue weighted by molar-refractivity contribution is 0.102. The van der Waals surface area contributed by atoms with Crippen LogP contribution < -0.4 is 9.62 Å². The van der Waals surface area contributed by atoms with Crippen LogP contribution in [0.25, 0.3) is 0 Å². The number of nitrogens with one attached hydrogen (secondary N) is 1. The van der Waals surface area contributed by atoms with Crippen molar-refractivity contribution in [3.8, 4) is 0 Å². The Balaban J connectivity index is 1.58. The lowest BCUT2D eigenvalue weighted by Gasteiger charge is -2.20. The predicted molar refractivity (Wildman–Crippen MR) is 120 cm³/mol. The number of amides is 1. The minimum absolute atomic E-state index is 0.263. The first-order valence-corrected chi connectivity index (χ1v) is 11.4. The zero-order valence-corrected chi connectivity index (χ0v) is 18.2. The lowest BCUT2D eigenvalue weighted by Crippen LogP contribution is -2.29. The molecule has 1 aliphatic rings. The number of nitrogens with zero attached hydrogens (tertiary/aromatic N) is 1. The fraction of sp³-hybridized carbons (Fsp3) is 0.174. The van der Waals surface area contributed by atoms with Gasteiger partial charge in [0.05, 0.1) is 10.6 Å². The highest BCUT2D eigenvalue weighted by atomic mass is 35.5. The van der Waals surface area contributed by atoms with E-state index in [1.807, 2.05) is 19.9 Å². The first kappa shape index (κ1) is 20.4. The van der Waals surface area contributed by atoms with E-state index in [-0.39, 0.29) is 10.8 Å². The zero-order chi connectivity index (χ0) is 21.5. The van der Waals surface area contributed by atoms with Crippen molar-refractivity contribution in [1.82, 2.24) is 0 Å². The third-order valence-electron chi connectivity index (χ3n) is 5.23. The number of hydrogen-bond acceptors (Lipinski definition) is 3. The van der Waals surface area contributed by atoms with Gasteiger partial charge in [0.2, 0.25) is 0 Å². The highest BCUT2D eigenvalue weighted by Gasteiger charge is 2.31. The van der Waals surface area contributed by atoms with Gasteiger partial charge in [-0.1, -0.05) is 35.4 Å². The van der Waals surface area contributed by atoms with Gasteiger partial charge in [-0.05, 0) is 73.9 Å². The van der Waals surface area contributed by atoms with Crippen LogP contribution in [0.15, 0.2) is 65.6 Å². The minimum atomic E-state index is -3.64. The van der Waals surface area contributed by atoms with Gasteiger partial charge < -0.3 is 5.32 Å². The van der Waals surface area contributed by atoms with Crippen LogP contribution in [0, 0.1) is 13.8 Å². The van der Waals surface area contributed by atoms with Crippen molar-refractivity contribution in [2.45, 2.75) is 25.2 Å². The molecule has 0 spiro atoms. The van der Waals surface area contributed by atoms with Gasteiger partial charge >= 0.3 is 0 Å². The van der Waals surface area contributed by atoms with Gasteiger partial charge in [0, 0.05) is 22.8 Å². The second-order valence-corrected chi connectivity index (χ2v) is 9.67. The summed E-state index contributed by atoms with van der Waals surface area (Å²) in [6.07, 6.45) is 0.553. The van der Waals surface area contributed by atoms with E-state index in [2.05, 4.69) is 5.32 Å². The summed E-state index contributed by atoms with van der Waals surface area (Å²) < 4.78 is 27.5. The highest BCUT2D eigenvalue weighted by molar-refractivity contribution is 7.92. The van der Waals surface area contributed by atoms with Crippen molar-refractivity contribution >= 4 is 38.9 Å². The van der Waals surface area contributed by atoms with E-state index in [9.17, 15) is 13.2 Å². The maximum atomic E-state index is 13.1. The van der Waals surface area contributed by atoms with Crippen LogP contribution in [-0.2, 0) is 16.4 Å². The van der Waals surface area contributed by atoms with Gasteiger partial charge in [-0.25, -0.2) is 8.42 Å². The molecule has 1 N–H and O–H groups in total. The fourth-order valence-electron chi connectivity index (χ4n) is 3.47. The number of sulfonamides is 1. The van der Waals surface area contributed by atoms with Crippen LogP contribution >= 0.6 is 11.6 Å². The Bertz CT molecular complexity index is 1240. The standard InChI is InChI=1S/C23H21ClN2O3S/c1-15-3-8-20(9-4-15)30(28,29)26-12-11-17-13-18(6-10-22(17)26)23(27)25-19-7-5-16(2)21(24)14-19/h3-10,13-14H,11-12H2,1-2H3,(H,25,27). The number of carbonyl (C=O) groups excluding carboxylic acids is 1. The molecule has 154 valence electrons. The first-order chi connectivity index (χ1) is 14.3. The number of halogens is 1. The molecule has 0 saturated heterocycles. The summed E-state index contributed by atoms with van der Waals surface area (Å²) in [4.78, 5) is 12.9. The molecule has 0 fully saturated rings. The molecule has 0 radical (unpaired) electrons. The van der Waals surface area contributed by atoms with Crippen LogP contribution in [0.2, 0.25) is 5.02 Å². The van der Waals surface area contributed by atoms with Crippen molar-refractivity contribution in [2.24, 2.45) is 0 Å². The van der Waals surface area contributed by atoms with E-state index in [0.29, 0.717) is 34.9 Å². The number of aryl methyl sites for hydroxylation is 2. The Labute approximate surface area is 181 Å². The van der Waals surface area contributed by atoms with Crippen molar-refractivity contribution < 1.29 is 13.2 Å². The van der Waals surface area contributed by atoms with E-state index >= 15 is 0 Å². The van der Waals surface area contributed by atoms with Crippen LogP contribution in [0.3, 0.4) is 0 Å². The van der Waals surface area contributed by atoms with E-state index in [4.69, 9.17) is 11.6 Å². The number of fused-ring (bicyclic) bond motifs is 1. The molecule has 3 aromatic rings. The number of rotatable bonds is 4. The summed E-state index contributed by atoms with van der Waals surface area (Å²) in [5, 5.41) is 3.42. The third kappa shape index (κ3) is 3.80. The summed E-state index contributed by atoms with van der Waals surface area (Å²) >= 11 is 6.12. The van der Waals surface area contributed by atoms with Gasteiger partial charge in [-0.2, -0.15) is 0 Å². The van der Waals surface area contributed by atoms with E-state index in [1.54, 1.807) is 54.6 Å². The molecule has 4 rings (SSSR count). The Morgan fingerprint density at radius 1 is 1.00 bits per heavy atom. The highest BCUT2D eigenvalue weighted by Crippen LogP contribution is 2.34. The maximum absolute atomic E-state index is 13.1. The van der Waals surface area contributed by atoms with Crippen LogP contribution in [0.5, 0.6) is 0 Å². The predicted octanol–water partition coefficient (Wildman–Crippen LogP) is 4.96. The Hall–Kier alpha value is -2.83. The molecule has 1 heterocycles. The number of carbonyl (C=O) groups is 1. The molecule has 5 nitrogen and oxygen atoms in total. The summed E-state index contributed by atoms with van der Waals surface area (Å²) in [5.74, 6) is -0.266. The molecule has 0 saturated carbocycles. The van der Waals surface area contributed by atoms with Crippen molar-refractivity contribution in [3.05, 3.63) is 87.9 Å². The Morgan fingerprint density at radius 3 is 2.43 bits per heavy atom. The molecule has 30 heavy (non-hydrogen) atoms. The van der Waals surface area contributed by atoms with Crippen molar-refractivity contribution in [2.75, 3.05) is 16.2 Å². The molecular formula is C23H21ClN2O3S. The van der Waals surface area contributed by atoms with Crippen LogP contribution in [0.1, 0.15) is 27.0 Å². The molecule has 0 bridgehead atoms. The molecule has 3 aromatic carbocycles. The smallest absolute Gasteiger partial charge is 0.264 e. The van der Waals surface area contributed by atoms with E-state index in [0.717, 1.165) is 16.7 Å². The molecular weight excluding hydrogens is 420 g/mol. The van der Waals surface area contributed by atoms with Gasteiger partial charge in [-0.3, -0.25) is 9.10 Å². The Morgan fingerprint density at radius 2 is 1.73 bits per heavy atom.